The fourth-order valence-electron chi connectivity index (χ4n) is 3.36. The predicted octanol–water partition coefficient (Wildman–Crippen LogP) is 6.81. The number of nitrogens with one attached hydrogen (secondary N) is 2. The molecule has 1 aromatic carbocycles. The molecule has 0 aliphatic carbocycles. The largest absolute Gasteiger partial charge is 0.381 e. The Morgan fingerprint density at radius 3 is 2.21 bits per heavy atom. The number of aryl methyl sites for hydroxylation is 1. The van der Waals surface area contributed by atoms with E-state index in [4.69, 9.17) is 5.41 Å². The van der Waals surface area contributed by atoms with Gasteiger partial charge in [-0.15, -0.1) is 0 Å². The Morgan fingerprint density at radius 2 is 1.75 bits per heavy atom. The molecule has 0 saturated carbocycles. The first-order chi connectivity index (χ1) is 13.2. The van der Waals surface area contributed by atoms with E-state index in [2.05, 4.69) is 63.9 Å². The number of rotatable bonds is 12. The summed E-state index contributed by atoms with van der Waals surface area (Å²) in [4.78, 5) is 0. The second-order valence-corrected chi connectivity index (χ2v) is 8.70. The van der Waals surface area contributed by atoms with Crippen molar-refractivity contribution in [2.24, 2.45) is 5.92 Å². The minimum Gasteiger partial charge on any atom is -0.381 e. The summed E-state index contributed by atoms with van der Waals surface area (Å²) < 4.78 is 12.9. The van der Waals surface area contributed by atoms with E-state index < -0.39 is 0 Å². The maximum absolute atomic E-state index is 12.9. The molecule has 0 spiro atoms. The van der Waals surface area contributed by atoms with Crippen LogP contribution < -0.4 is 5.32 Å². The van der Waals surface area contributed by atoms with Gasteiger partial charge in [-0.05, 0) is 74.6 Å². The van der Waals surface area contributed by atoms with Gasteiger partial charge in [0.2, 0.25) is 0 Å². The average molecular weight is 387 g/mol. The highest BCUT2D eigenvalue weighted by Gasteiger charge is 2.15. The molecule has 0 aliphatic heterocycles. The molecule has 156 valence electrons. The molecule has 1 aromatic rings. The average Bonchev–Trinajstić information content (AvgIpc) is 2.65. The van der Waals surface area contributed by atoms with E-state index >= 15 is 0 Å². The number of hydrogen-bond acceptors (Lipinski definition) is 2. The highest BCUT2D eigenvalue weighted by molar-refractivity contribution is 5.78. The zero-order valence-electron chi connectivity index (χ0n) is 18.5. The standard InChI is InChI=1S/C25H39FN2/c1-7-9-24(19(3)28-25(4,5)6)23(18-27)15-14-21-10-12-22(13-11-21)16-20(8-2)17-26/h10-13,18,20,27-28H,3,7-9,14-17H2,1-2,4-6H3/b24-23-,27-18?. The molecule has 0 aromatic heterocycles. The van der Waals surface area contributed by atoms with Crippen molar-refractivity contribution < 1.29 is 4.39 Å². The predicted molar refractivity (Wildman–Crippen MR) is 121 cm³/mol. The SMILES string of the molecule is C=C(NC(C)(C)C)/C(CCC)=C(\C=N)CCc1ccc(CC(CC)CF)cc1. The normalized spacial score (nSPS) is 13.6. The quantitative estimate of drug-likeness (QED) is 0.300. The summed E-state index contributed by atoms with van der Waals surface area (Å²) in [6.07, 6.45) is 6.83. The van der Waals surface area contributed by atoms with E-state index in [9.17, 15) is 4.39 Å². The van der Waals surface area contributed by atoms with E-state index in [1.165, 1.54) is 17.3 Å². The summed E-state index contributed by atoms with van der Waals surface area (Å²) in [5, 5.41) is 11.4. The third-order valence-corrected chi connectivity index (χ3v) is 4.98. The molecule has 0 heterocycles. The van der Waals surface area contributed by atoms with Crippen molar-refractivity contribution in [1.82, 2.24) is 5.32 Å². The molecule has 1 unspecified atom stereocenters. The van der Waals surface area contributed by atoms with Gasteiger partial charge in [0.05, 0.1) is 6.67 Å². The van der Waals surface area contributed by atoms with Gasteiger partial charge in [0.1, 0.15) is 0 Å². The number of allylic oxidation sites excluding steroid dienone is 2. The summed E-state index contributed by atoms with van der Waals surface area (Å²) in [6.45, 7) is 14.6. The Bertz CT molecular complexity index is 646. The minimum atomic E-state index is -0.252. The lowest BCUT2D eigenvalue weighted by atomic mass is 9.94. The molecule has 0 saturated heterocycles. The molecule has 2 nitrogen and oxygen atoms in total. The van der Waals surface area contributed by atoms with Crippen molar-refractivity contribution in [3.63, 3.8) is 0 Å². The van der Waals surface area contributed by atoms with Gasteiger partial charge in [0.15, 0.2) is 0 Å². The van der Waals surface area contributed by atoms with Crippen LogP contribution >= 0.6 is 0 Å². The number of alkyl halides is 1. The number of benzene rings is 1. The van der Waals surface area contributed by atoms with Crippen molar-refractivity contribution in [1.29, 1.82) is 5.41 Å². The minimum absolute atomic E-state index is 0.0466. The zero-order valence-corrected chi connectivity index (χ0v) is 18.5. The van der Waals surface area contributed by atoms with Crippen molar-refractivity contribution in [3.8, 4) is 0 Å². The zero-order chi connectivity index (χ0) is 21.2. The van der Waals surface area contributed by atoms with Gasteiger partial charge in [-0.25, -0.2) is 0 Å². The summed E-state index contributed by atoms with van der Waals surface area (Å²) in [5.74, 6) is 0.122. The van der Waals surface area contributed by atoms with Crippen molar-refractivity contribution >= 4 is 6.21 Å². The molecular weight excluding hydrogens is 347 g/mol. The lowest BCUT2D eigenvalue weighted by molar-refractivity contribution is 0.351. The summed E-state index contributed by atoms with van der Waals surface area (Å²) in [6, 6.07) is 8.52. The smallest absolute Gasteiger partial charge is 0.0925 e. The van der Waals surface area contributed by atoms with Crippen LogP contribution in [0.4, 0.5) is 4.39 Å². The molecule has 0 amide bonds. The summed E-state index contributed by atoms with van der Waals surface area (Å²) in [7, 11) is 0. The van der Waals surface area contributed by atoms with Gasteiger partial charge >= 0.3 is 0 Å². The second kappa shape index (κ2) is 11.8. The van der Waals surface area contributed by atoms with Crippen LogP contribution in [0.25, 0.3) is 0 Å². The van der Waals surface area contributed by atoms with E-state index in [0.29, 0.717) is 0 Å². The molecule has 0 fully saturated rings. The Morgan fingerprint density at radius 1 is 1.14 bits per heavy atom. The number of halogens is 1. The molecule has 28 heavy (non-hydrogen) atoms. The molecule has 2 N–H and O–H groups in total. The van der Waals surface area contributed by atoms with Crippen LogP contribution in [0.2, 0.25) is 0 Å². The monoisotopic (exact) mass is 386 g/mol. The van der Waals surface area contributed by atoms with Crippen molar-refractivity contribution in [2.45, 2.75) is 78.7 Å². The van der Waals surface area contributed by atoms with Crippen LogP contribution in [0, 0.1) is 11.3 Å². The van der Waals surface area contributed by atoms with E-state index in [0.717, 1.165) is 55.4 Å². The third-order valence-electron chi connectivity index (χ3n) is 4.98. The van der Waals surface area contributed by atoms with Gasteiger partial charge in [-0.1, -0.05) is 57.5 Å². The first-order valence-electron chi connectivity index (χ1n) is 10.6. The lowest BCUT2D eigenvalue weighted by Gasteiger charge is -2.26. The Labute approximate surface area is 171 Å². The van der Waals surface area contributed by atoms with Crippen LogP contribution in [0.1, 0.15) is 71.4 Å². The lowest BCUT2D eigenvalue weighted by Crippen LogP contribution is -2.35. The Balaban J connectivity index is 2.85. The van der Waals surface area contributed by atoms with Crippen molar-refractivity contribution in [3.05, 3.63) is 58.8 Å². The molecule has 3 heteroatoms. The van der Waals surface area contributed by atoms with Crippen LogP contribution in [-0.2, 0) is 12.8 Å². The van der Waals surface area contributed by atoms with Gasteiger partial charge in [-0.2, -0.15) is 0 Å². The third kappa shape index (κ3) is 8.41. The topological polar surface area (TPSA) is 35.9 Å². The summed E-state index contributed by atoms with van der Waals surface area (Å²) >= 11 is 0. The maximum atomic E-state index is 12.9. The Kier molecular flexibility index (Phi) is 10.2. The van der Waals surface area contributed by atoms with E-state index in [1.807, 2.05) is 6.92 Å². The van der Waals surface area contributed by atoms with Crippen LogP contribution in [0.5, 0.6) is 0 Å². The molecule has 1 rings (SSSR count). The fraction of sp³-hybridized carbons (Fsp3) is 0.560. The summed E-state index contributed by atoms with van der Waals surface area (Å²) in [5.41, 5.74) is 5.55. The molecule has 0 bridgehead atoms. The van der Waals surface area contributed by atoms with Gasteiger partial charge in [-0.3, -0.25) is 4.39 Å². The van der Waals surface area contributed by atoms with E-state index in [-0.39, 0.29) is 18.1 Å². The van der Waals surface area contributed by atoms with Crippen LogP contribution in [0.15, 0.2) is 47.7 Å². The first kappa shape index (κ1) is 24.1. The highest BCUT2D eigenvalue weighted by Crippen LogP contribution is 2.23. The first-order valence-corrected chi connectivity index (χ1v) is 10.6. The number of hydrogen-bond donors (Lipinski definition) is 2. The van der Waals surface area contributed by atoms with Crippen LogP contribution in [-0.4, -0.2) is 18.4 Å². The highest BCUT2D eigenvalue weighted by atomic mass is 19.1. The molecule has 1 atom stereocenters. The van der Waals surface area contributed by atoms with Gasteiger partial charge in [0, 0.05) is 17.5 Å². The molecule has 0 aliphatic rings. The van der Waals surface area contributed by atoms with Gasteiger partial charge in [0.25, 0.3) is 0 Å². The molecule has 0 radical (unpaired) electrons. The van der Waals surface area contributed by atoms with Gasteiger partial charge < -0.3 is 10.7 Å². The fourth-order valence-corrected chi connectivity index (χ4v) is 3.36. The molecular formula is C25H39FN2. The van der Waals surface area contributed by atoms with Crippen molar-refractivity contribution in [2.75, 3.05) is 6.67 Å². The maximum Gasteiger partial charge on any atom is 0.0925 e. The Hall–Kier alpha value is -1.90. The van der Waals surface area contributed by atoms with Crippen LogP contribution in [0.3, 0.4) is 0 Å². The second-order valence-electron chi connectivity index (χ2n) is 8.70. The van der Waals surface area contributed by atoms with E-state index in [1.54, 1.807) is 0 Å².